The maximum absolute atomic E-state index is 11.3. The van der Waals surface area contributed by atoms with Gasteiger partial charge in [-0.2, -0.15) is 0 Å². The van der Waals surface area contributed by atoms with Crippen LogP contribution in [0.15, 0.2) is 0 Å². The first kappa shape index (κ1) is 11.9. The van der Waals surface area contributed by atoms with E-state index in [4.69, 9.17) is 5.73 Å². The molecular weight excluding hydrogens is 198 g/mol. The molecule has 1 rings (SSSR count). The Morgan fingerprint density at radius 3 is 2.67 bits per heavy atom. The minimum atomic E-state index is -0.600. The van der Waals surface area contributed by atoms with Gasteiger partial charge in [0.2, 0.25) is 11.8 Å². The monoisotopic (exact) mass is 215 g/mol. The van der Waals surface area contributed by atoms with E-state index >= 15 is 0 Å². The van der Waals surface area contributed by atoms with Crippen molar-refractivity contribution in [3.05, 3.63) is 0 Å². The highest BCUT2D eigenvalue weighted by Crippen LogP contribution is 2.15. The summed E-state index contributed by atoms with van der Waals surface area (Å²) in [5.74, 6) is -0.385. The summed E-state index contributed by atoms with van der Waals surface area (Å²) in [6, 6.07) is 0. The molecule has 2 amide bonds. The molecule has 0 bridgehead atoms. The molecule has 1 fully saturated rings. The van der Waals surface area contributed by atoms with Crippen LogP contribution in [-0.2, 0) is 14.4 Å². The van der Waals surface area contributed by atoms with Crippen LogP contribution in [-0.4, -0.2) is 31.5 Å². The van der Waals surface area contributed by atoms with Crippen molar-refractivity contribution >= 4 is 11.8 Å². The lowest BCUT2D eigenvalue weighted by Crippen LogP contribution is -2.33. The van der Waals surface area contributed by atoms with Gasteiger partial charge >= 0.3 is 0 Å². The Hall–Kier alpha value is -1.14. The standard InChI is InChI=1S/C9H17N3O3/c10-8(13)6-15-12-9(14)5-7-1-3-11-4-2-7/h7,11H,1-6H2,(H2,10,13)(H,12,14). The third-order valence-electron chi connectivity index (χ3n) is 2.33. The molecule has 4 N–H and O–H groups in total. The normalized spacial score (nSPS) is 17.3. The molecule has 15 heavy (non-hydrogen) atoms. The fourth-order valence-corrected chi connectivity index (χ4v) is 1.58. The Morgan fingerprint density at radius 1 is 1.40 bits per heavy atom. The van der Waals surface area contributed by atoms with Crippen LogP contribution in [0.4, 0.5) is 0 Å². The minimum Gasteiger partial charge on any atom is -0.368 e. The second kappa shape index (κ2) is 6.36. The van der Waals surface area contributed by atoms with Crippen molar-refractivity contribution in [2.75, 3.05) is 19.7 Å². The Balaban J connectivity index is 2.09. The summed E-state index contributed by atoms with van der Waals surface area (Å²) in [5, 5.41) is 3.22. The summed E-state index contributed by atoms with van der Waals surface area (Å²) < 4.78 is 0. The molecule has 1 aliphatic heterocycles. The third-order valence-corrected chi connectivity index (χ3v) is 2.33. The van der Waals surface area contributed by atoms with Crippen molar-refractivity contribution in [1.82, 2.24) is 10.8 Å². The average Bonchev–Trinajstić information content (AvgIpc) is 2.18. The van der Waals surface area contributed by atoms with E-state index in [1.807, 2.05) is 0 Å². The maximum Gasteiger partial charge on any atom is 0.246 e. The van der Waals surface area contributed by atoms with Crippen LogP contribution in [0.2, 0.25) is 0 Å². The second-order valence-corrected chi connectivity index (χ2v) is 3.68. The van der Waals surface area contributed by atoms with Crippen molar-refractivity contribution < 1.29 is 14.4 Å². The lowest BCUT2D eigenvalue weighted by Gasteiger charge is -2.21. The van der Waals surface area contributed by atoms with E-state index in [-0.39, 0.29) is 12.5 Å². The van der Waals surface area contributed by atoms with Crippen molar-refractivity contribution in [2.45, 2.75) is 19.3 Å². The van der Waals surface area contributed by atoms with Crippen LogP contribution in [0.5, 0.6) is 0 Å². The first-order valence-electron chi connectivity index (χ1n) is 5.08. The number of hydroxylamine groups is 1. The topological polar surface area (TPSA) is 93.5 Å². The van der Waals surface area contributed by atoms with Gasteiger partial charge in [0.25, 0.3) is 0 Å². The number of piperidine rings is 1. The van der Waals surface area contributed by atoms with Crippen LogP contribution >= 0.6 is 0 Å². The number of nitrogens with one attached hydrogen (secondary N) is 2. The lowest BCUT2D eigenvalue weighted by atomic mass is 9.94. The van der Waals surface area contributed by atoms with Gasteiger partial charge in [0.15, 0.2) is 6.61 Å². The minimum absolute atomic E-state index is 0.192. The molecule has 0 aromatic heterocycles. The molecule has 0 aliphatic carbocycles. The van der Waals surface area contributed by atoms with Crippen LogP contribution in [0, 0.1) is 5.92 Å². The average molecular weight is 215 g/mol. The molecule has 1 aliphatic rings. The first-order chi connectivity index (χ1) is 7.18. The molecule has 86 valence electrons. The van der Waals surface area contributed by atoms with Gasteiger partial charge in [0, 0.05) is 6.42 Å². The first-order valence-corrected chi connectivity index (χ1v) is 5.08. The summed E-state index contributed by atoms with van der Waals surface area (Å²) in [7, 11) is 0. The molecule has 1 saturated heterocycles. The molecule has 6 heteroatoms. The van der Waals surface area contributed by atoms with Gasteiger partial charge in [-0.05, 0) is 31.8 Å². The Kier molecular flexibility index (Phi) is 5.06. The predicted molar refractivity (Wildman–Crippen MR) is 53.5 cm³/mol. The molecular formula is C9H17N3O3. The number of hydrogen-bond donors (Lipinski definition) is 3. The maximum atomic E-state index is 11.3. The summed E-state index contributed by atoms with van der Waals surface area (Å²) in [6.07, 6.45) is 2.45. The van der Waals surface area contributed by atoms with Crippen LogP contribution in [0.3, 0.4) is 0 Å². The highest BCUT2D eigenvalue weighted by atomic mass is 16.7. The Labute approximate surface area is 88.5 Å². The van der Waals surface area contributed by atoms with Crippen molar-refractivity contribution in [3.8, 4) is 0 Å². The molecule has 0 aromatic carbocycles. The van der Waals surface area contributed by atoms with Gasteiger partial charge in [-0.1, -0.05) is 0 Å². The largest absolute Gasteiger partial charge is 0.368 e. The van der Waals surface area contributed by atoms with E-state index in [1.54, 1.807) is 0 Å². The van der Waals surface area contributed by atoms with E-state index in [2.05, 4.69) is 15.6 Å². The molecule has 0 radical (unpaired) electrons. The summed E-state index contributed by atoms with van der Waals surface area (Å²) in [4.78, 5) is 26.2. The molecule has 0 aromatic rings. The Morgan fingerprint density at radius 2 is 2.07 bits per heavy atom. The van der Waals surface area contributed by atoms with Crippen LogP contribution < -0.4 is 16.5 Å². The smallest absolute Gasteiger partial charge is 0.246 e. The van der Waals surface area contributed by atoms with Gasteiger partial charge in [0.1, 0.15) is 0 Å². The fraction of sp³-hybridized carbons (Fsp3) is 0.778. The molecule has 0 spiro atoms. The summed E-state index contributed by atoms with van der Waals surface area (Å²) in [6.45, 7) is 1.64. The zero-order chi connectivity index (χ0) is 11.1. The summed E-state index contributed by atoms with van der Waals surface area (Å²) in [5.41, 5.74) is 7.04. The van der Waals surface area contributed by atoms with E-state index in [1.165, 1.54) is 0 Å². The van der Waals surface area contributed by atoms with E-state index in [0.29, 0.717) is 12.3 Å². The van der Waals surface area contributed by atoms with Gasteiger partial charge in [0.05, 0.1) is 0 Å². The van der Waals surface area contributed by atoms with Gasteiger partial charge < -0.3 is 11.1 Å². The highest BCUT2D eigenvalue weighted by molar-refractivity contribution is 5.77. The second-order valence-electron chi connectivity index (χ2n) is 3.68. The number of carbonyl (C=O) groups is 2. The number of primary amides is 1. The quantitative estimate of drug-likeness (QED) is 0.508. The van der Waals surface area contributed by atoms with Crippen molar-refractivity contribution in [1.29, 1.82) is 0 Å². The lowest BCUT2D eigenvalue weighted by molar-refractivity contribution is -0.138. The number of hydrogen-bond acceptors (Lipinski definition) is 4. The Bertz CT molecular complexity index is 227. The zero-order valence-corrected chi connectivity index (χ0v) is 8.62. The molecule has 1 heterocycles. The van der Waals surface area contributed by atoms with Crippen LogP contribution in [0.1, 0.15) is 19.3 Å². The summed E-state index contributed by atoms with van der Waals surface area (Å²) >= 11 is 0. The predicted octanol–water partition coefficient (Wildman–Crippen LogP) is -1.09. The number of carbonyl (C=O) groups excluding carboxylic acids is 2. The van der Waals surface area contributed by atoms with Gasteiger partial charge in [-0.15, -0.1) is 0 Å². The SMILES string of the molecule is NC(=O)CONC(=O)CC1CCNCC1. The zero-order valence-electron chi connectivity index (χ0n) is 8.62. The fourth-order valence-electron chi connectivity index (χ4n) is 1.58. The van der Waals surface area contributed by atoms with E-state index in [9.17, 15) is 9.59 Å². The van der Waals surface area contributed by atoms with Crippen LogP contribution in [0.25, 0.3) is 0 Å². The number of amides is 2. The van der Waals surface area contributed by atoms with Gasteiger partial charge in [-0.3, -0.25) is 14.4 Å². The van der Waals surface area contributed by atoms with Gasteiger partial charge in [-0.25, -0.2) is 5.48 Å². The molecule has 0 saturated carbocycles. The van der Waals surface area contributed by atoms with Crippen molar-refractivity contribution in [3.63, 3.8) is 0 Å². The molecule has 0 atom stereocenters. The van der Waals surface area contributed by atoms with E-state index in [0.717, 1.165) is 25.9 Å². The van der Waals surface area contributed by atoms with Crippen molar-refractivity contribution in [2.24, 2.45) is 11.7 Å². The highest BCUT2D eigenvalue weighted by Gasteiger charge is 2.16. The molecule has 6 nitrogen and oxygen atoms in total. The third kappa shape index (κ3) is 5.34. The number of nitrogens with two attached hydrogens (primary N) is 1. The molecule has 0 unspecified atom stereocenters. The number of rotatable bonds is 5. The van der Waals surface area contributed by atoms with E-state index < -0.39 is 5.91 Å².